The third-order valence-corrected chi connectivity index (χ3v) is 5.39. The van der Waals surface area contributed by atoms with Crippen molar-refractivity contribution in [3.63, 3.8) is 0 Å². The zero-order chi connectivity index (χ0) is 15.2. The molecule has 0 spiro atoms. The Labute approximate surface area is 120 Å². The van der Waals surface area contributed by atoms with Gasteiger partial charge in [-0.05, 0) is 23.3 Å². The molecule has 6 heteroatoms. The molecular formula is C14H18O4S2. The molecule has 0 aliphatic rings. The normalized spacial score (nSPS) is 13.3. The molecule has 0 amide bonds. The van der Waals surface area contributed by atoms with Gasteiger partial charge in [0.2, 0.25) is 0 Å². The van der Waals surface area contributed by atoms with Crippen molar-refractivity contribution in [3.8, 4) is 0 Å². The fraction of sp³-hybridized carbons (Fsp3) is 0.286. The highest BCUT2D eigenvalue weighted by molar-refractivity contribution is 7.94. The van der Waals surface area contributed by atoms with Crippen LogP contribution in [-0.2, 0) is 19.7 Å². The largest absolute Gasteiger partial charge is 0.224 e. The highest BCUT2D eigenvalue weighted by Gasteiger charge is 2.01. The van der Waals surface area contributed by atoms with Crippen LogP contribution in [0.4, 0.5) is 0 Å². The van der Waals surface area contributed by atoms with Gasteiger partial charge >= 0.3 is 0 Å². The van der Waals surface area contributed by atoms with Crippen molar-refractivity contribution in [2.75, 3.05) is 11.5 Å². The summed E-state index contributed by atoms with van der Waals surface area (Å²) in [5.74, 6) is 0.137. The summed E-state index contributed by atoms with van der Waals surface area (Å²) in [6, 6.07) is 6.94. The van der Waals surface area contributed by atoms with Crippen LogP contribution in [0.1, 0.15) is 25.0 Å². The van der Waals surface area contributed by atoms with Gasteiger partial charge in [-0.2, -0.15) is 0 Å². The van der Waals surface area contributed by atoms with E-state index in [1.807, 2.05) is 0 Å². The molecule has 0 heterocycles. The smallest absolute Gasteiger partial charge is 0.171 e. The van der Waals surface area contributed by atoms with Crippen LogP contribution in [0.2, 0.25) is 0 Å². The zero-order valence-corrected chi connectivity index (χ0v) is 13.1. The molecule has 0 saturated heterocycles. The Morgan fingerprint density at radius 2 is 1.05 bits per heavy atom. The van der Waals surface area contributed by atoms with Crippen molar-refractivity contribution in [2.45, 2.75) is 13.8 Å². The fourth-order valence-electron chi connectivity index (χ4n) is 1.28. The topological polar surface area (TPSA) is 68.3 Å². The Morgan fingerprint density at radius 1 is 0.750 bits per heavy atom. The maximum Gasteiger partial charge on any atom is 0.171 e. The van der Waals surface area contributed by atoms with Crippen LogP contribution in [-0.4, -0.2) is 28.3 Å². The molecule has 0 aliphatic heterocycles. The van der Waals surface area contributed by atoms with E-state index in [1.54, 1.807) is 38.1 Å². The molecule has 0 fully saturated rings. The summed E-state index contributed by atoms with van der Waals surface area (Å²) >= 11 is 0. The Balaban J connectivity index is 2.85. The van der Waals surface area contributed by atoms with Crippen LogP contribution >= 0.6 is 0 Å². The van der Waals surface area contributed by atoms with Gasteiger partial charge in [0.15, 0.2) is 19.7 Å². The maximum atomic E-state index is 11.3. The first-order valence-corrected chi connectivity index (χ1v) is 9.63. The van der Waals surface area contributed by atoms with Crippen LogP contribution in [0.15, 0.2) is 35.1 Å². The molecule has 0 atom stereocenters. The van der Waals surface area contributed by atoms with Crippen molar-refractivity contribution in [2.24, 2.45) is 0 Å². The van der Waals surface area contributed by atoms with E-state index in [0.29, 0.717) is 0 Å². The predicted molar refractivity (Wildman–Crippen MR) is 83.4 cm³/mol. The zero-order valence-electron chi connectivity index (χ0n) is 11.5. The molecule has 0 aliphatic carbocycles. The average molecular weight is 314 g/mol. The van der Waals surface area contributed by atoms with Gasteiger partial charge in [0.1, 0.15) is 0 Å². The third kappa shape index (κ3) is 5.71. The molecule has 0 N–H and O–H groups in total. The molecule has 1 rings (SSSR count). The number of benzene rings is 1. The summed E-state index contributed by atoms with van der Waals surface area (Å²) in [4.78, 5) is 0. The third-order valence-electron chi connectivity index (χ3n) is 2.68. The summed E-state index contributed by atoms with van der Waals surface area (Å²) in [5, 5.41) is 2.36. The lowest BCUT2D eigenvalue weighted by Crippen LogP contribution is -1.96. The van der Waals surface area contributed by atoms with Gasteiger partial charge in [0.25, 0.3) is 0 Å². The van der Waals surface area contributed by atoms with Gasteiger partial charge in [-0.3, -0.25) is 0 Å². The average Bonchev–Trinajstić information content (AvgIpc) is 2.44. The van der Waals surface area contributed by atoms with Gasteiger partial charge in [0.05, 0.1) is 11.5 Å². The standard InChI is InChI=1S/C14H18O4S2/c1-3-19(15,16)11-9-13-5-7-14(8-6-13)10-12-20(17,18)4-2/h5-12H,3-4H2,1-2H3. The van der Waals surface area contributed by atoms with Crippen LogP contribution in [0.3, 0.4) is 0 Å². The highest BCUT2D eigenvalue weighted by atomic mass is 32.2. The van der Waals surface area contributed by atoms with E-state index in [2.05, 4.69) is 0 Å². The summed E-state index contributed by atoms with van der Waals surface area (Å²) in [5.41, 5.74) is 1.50. The second-order valence-electron chi connectivity index (χ2n) is 4.18. The highest BCUT2D eigenvalue weighted by Crippen LogP contribution is 2.10. The molecular weight excluding hydrogens is 296 g/mol. The molecule has 0 aromatic heterocycles. The fourth-order valence-corrected chi connectivity index (χ4v) is 2.39. The lowest BCUT2D eigenvalue weighted by Gasteiger charge is -1.97. The molecule has 110 valence electrons. The Kier molecular flexibility index (Phi) is 5.71. The van der Waals surface area contributed by atoms with Gasteiger partial charge in [-0.15, -0.1) is 0 Å². The molecule has 20 heavy (non-hydrogen) atoms. The van der Waals surface area contributed by atoms with Crippen molar-refractivity contribution < 1.29 is 16.8 Å². The quantitative estimate of drug-likeness (QED) is 0.809. The lowest BCUT2D eigenvalue weighted by atomic mass is 10.1. The first-order valence-electron chi connectivity index (χ1n) is 6.20. The SMILES string of the molecule is CCS(=O)(=O)C=Cc1ccc(C=CS(=O)(=O)CC)cc1. The van der Waals surface area contributed by atoms with Gasteiger partial charge in [-0.1, -0.05) is 38.1 Å². The number of sulfone groups is 2. The van der Waals surface area contributed by atoms with Crippen LogP contribution < -0.4 is 0 Å². The molecule has 4 nitrogen and oxygen atoms in total. The molecule has 0 radical (unpaired) electrons. The second-order valence-corrected chi connectivity index (χ2v) is 8.53. The number of hydrogen-bond acceptors (Lipinski definition) is 4. The van der Waals surface area contributed by atoms with E-state index in [4.69, 9.17) is 0 Å². The summed E-state index contributed by atoms with van der Waals surface area (Å²) < 4.78 is 45.3. The van der Waals surface area contributed by atoms with E-state index in [-0.39, 0.29) is 11.5 Å². The Hall–Kier alpha value is -1.40. The molecule has 0 bridgehead atoms. The summed E-state index contributed by atoms with van der Waals surface area (Å²) in [6.45, 7) is 3.17. The predicted octanol–water partition coefficient (Wildman–Crippen LogP) is 2.50. The second kappa shape index (κ2) is 6.85. The molecule has 1 aromatic carbocycles. The summed E-state index contributed by atoms with van der Waals surface area (Å²) in [7, 11) is -6.27. The minimum atomic E-state index is -3.13. The van der Waals surface area contributed by atoms with E-state index in [0.717, 1.165) is 11.1 Å². The summed E-state index contributed by atoms with van der Waals surface area (Å²) in [6.07, 6.45) is 3.05. The van der Waals surface area contributed by atoms with Crippen molar-refractivity contribution in [1.82, 2.24) is 0 Å². The van der Waals surface area contributed by atoms with E-state index >= 15 is 0 Å². The molecule has 0 saturated carbocycles. The van der Waals surface area contributed by atoms with E-state index < -0.39 is 19.7 Å². The van der Waals surface area contributed by atoms with Gasteiger partial charge < -0.3 is 0 Å². The first-order chi connectivity index (χ1) is 9.28. The van der Waals surface area contributed by atoms with E-state index in [1.165, 1.54) is 23.0 Å². The van der Waals surface area contributed by atoms with Crippen LogP contribution in [0.5, 0.6) is 0 Å². The lowest BCUT2D eigenvalue weighted by molar-refractivity contribution is 0.604. The van der Waals surface area contributed by atoms with Gasteiger partial charge in [0, 0.05) is 10.8 Å². The maximum absolute atomic E-state index is 11.3. The van der Waals surface area contributed by atoms with Crippen molar-refractivity contribution >= 4 is 31.8 Å². The minimum Gasteiger partial charge on any atom is -0.224 e. The van der Waals surface area contributed by atoms with Crippen LogP contribution in [0, 0.1) is 0 Å². The number of rotatable bonds is 6. The van der Waals surface area contributed by atoms with E-state index in [9.17, 15) is 16.8 Å². The first kappa shape index (κ1) is 16.7. The Morgan fingerprint density at radius 3 is 1.30 bits per heavy atom. The molecule has 1 aromatic rings. The Bertz CT molecular complexity index is 631. The van der Waals surface area contributed by atoms with Gasteiger partial charge in [-0.25, -0.2) is 16.8 Å². The van der Waals surface area contributed by atoms with Crippen LogP contribution in [0.25, 0.3) is 12.2 Å². The number of hydrogen-bond donors (Lipinski definition) is 0. The molecule has 0 unspecified atom stereocenters. The minimum absolute atomic E-state index is 0.0686. The van der Waals surface area contributed by atoms with Crippen molar-refractivity contribution in [3.05, 3.63) is 46.2 Å². The monoisotopic (exact) mass is 314 g/mol. The van der Waals surface area contributed by atoms with Crippen molar-refractivity contribution in [1.29, 1.82) is 0 Å².